The number of nitrogens with one attached hydrogen (secondary N) is 1. The van der Waals surface area contributed by atoms with Crippen molar-refractivity contribution in [3.8, 4) is 0 Å². The van der Waals surface area contributed by atoms with Gasteiger partial charge in [0.15, 0.2) is 0 Å². The Kier molecular flexibility index (Phi) is 6.67. The predicted octanol–water partition coefficient (Wildman–Crippen LogP) is 2.80. The minimum absolute atomic E-state index is 0.177. The number of rotatable bonds is 7. The summed E-state index contributed by atoms with van der Waals surface area (Å²) in [5.74, 6) is 1.54. The van der Waals surface area contributed by atoms with E-state index in [2.05, 4.69) is 40.5 Å². The summed E-state index contributed by atoms with van der Waals surface area (Å²) in [6.07, 6.45) is 5.72. The Bertz CT molecular complexity index is 492. The predicted molar refractivity (Wildman–Crippen MR) is 96.0 cm³/mol. The number of hydrogen-bond donors (Lipinski definition) is 1. The highest BCUT2D eigenvalue weighted by Crippen LogP contribution is 2.27. The van der Waals surface area contributed by atoms with Gasteiger partial charge in [0.25, 0.3) is 0 Å². The molecule has 1 atom stereocenters. The van der Waals surface area contributed by atoms with Crippen molar-refractivity contribution >= 4 is 5.91 Å². The number of hydrogen-bond acceptors (Lipinski definition) is 3. The first-order chi connectivity index (χ1) is 11.8. The zero-order valence-corrected chi connectivity index (χ0v) is 14.6. The number of carbonyl (C=O) groups excluding carboxylic acids is 1. The van der Waals surface area contributed by atoms with E-state index in [4.69, 9.17) is 4.74 Å². The van der Waals surface area contributed by atoms with E-state index in [-0.39, 0.29) is 5.91 Å². The SMILES string of the molecule is O=C(CN1CCC(c2ccccc2)CC1)NCCCC1CCOC1. The highest BCUT2D eigenvalue weighted by atomic mass is 16.5. The van der Waals surface area contributed by atoms with E-state index in [0.29, 0.717) is 18.4 Å². The van der Waals surface area contributed by atoms with Gasteiger partial charge in [-0.3, -0.25) is 9.69 Å². The Balaban J connectivity index is 1.28. The van der Waals surface area contributed by atoms with Gasteiger partial charge in [-0.2, -0.15) is 0 Å². The summed E-state index contributed by atoms with van der Waals surface area (Å²) in [6, 6.07) is 10.8. The molecular weight excluding hydrogens is 300 g/mol. The van der Waals surface area contributed by atoms with Gasteiger partial charge in [0.2, 0.25) is 5.91 Å². The Hall–Kier alpha value is -1.39. The number of amides is 1. The molecule has 2 saturated heterocycles. The summed E-state index contributed by atoms with van der Waals surface area (Å²) in [4.78, 5) is 14.4. The van der Waals surface area contributed by atoms with Crippen LogP contribution in [0.3, 0.4) is 0 Å². The second-order valence-corrected chi connectivity index (χ2v) is 7.18. The van der Waals surface area contributed by atoms with Crippen LogP contribution in [0.5, 0.6) is 0 Å². The molecule has 132 valence electrons. The molecule has 0 saturated carbocycles. The summed E-state index contributed by atoms with van der Waals surface area (Å²) >= 11 is 0. The lowest BCUT2D eigenvalue weighted by Crippen LogP contribution is -2.41. The third kappa shape index (κ3) is 5.32. The number of piperidine rings is 1. The van der Waals surface area contributed by atoms with E-state index in [0.717, 1.165) is 52.1 Å². The van der Waals surface area contributed by atoms with Crippen LogP contribution < -0.4 is 5.32 Å². The van der Waals surface area contributed by atoms with Gasteiger partial charge in [-0.05, 0) is 62.6 Å². The first-order valence-electron chi connectivity index (χ1n) is 9.43. The van der Waals surface area contributed by atoms with Crippen molar-refractivity contribution in [3.63, 3.8) is 0 Å². The van der Waals surface area contributed by atoms with E-state index in [9.17, 15) is 4.79 Å². The van der Waals surface area contributed by atoms with E-state index in [1.54, 1.807) is 0 Å². The molecule has 0 aliphatic carbocycles. The van der Waals surface area contributed by atoms with Crippen molar-refractivity contribution in [1.82, 2.24) is 10.2 Å². The first-order valence-corrected chi connectivity index (χ1v) is 9.43. The summed E-state index contributed by atoms with van der Waals surface area (Å²) in [7, 11) is 0. The lowest BCUT2D eigenvalue weighted by molar-refractivity contribution is -0.122. The zero-order valence-electron chi connectivity index (χ0n) is 14.6. The largest absolute Gasteiger partial charge is 0.381 e. The van der Waals surface area contributed by atoms with E-state index >= 15 is 0 Å². The molecule has 2 aliphatic heterocycles. The quantitative estimate of drug-likeness (QED) is 0.782. The minimum Gasteiger partial charge on any atom is -0.381 e. The Morgan fingerprint density at radius 1 is 1.17 bits per heavy atom. The van der Waals surface area contributed by atoms with Gasteiger partial charge >= 0.3 is 0 Å². The van der Waals surface area contributed by atoms with Crippen LogP contribution in [0.15, 0.2) is 30.3 Å². The molecule has 0 aromatic heterocycles. The van der Waals surface area contributed by atoms with Crippen molar-refractivity contribution in [1.29, 1.82) is 0 Å². The average molecular weight is 330 g/mol. The molecule has 1 aromatic carbocycles. The Morgan fingerprint density at radius 2 is 1.96 bits per heavy atom. The molecule has 1 N–H and O–H groups in total. The summed E-state index contributed by atoms with van der Waals surface area (Å²) in [6.45, 7) is 5.21. The number of benzene rings is 1. The first kappa shape index (κ1) is 17.4. The van der Waals surface area contributed by atoms with Crippen molar-refractivity contribution < 1.29 is 9.53 Å². The second kappa shape index (κ2) is 9.19. The minimum atomic E-state index is 0.177. The van der Waals surface area contributed by atoms with Crippen LogP contribution in [-0.4, -0.2) is 50.2 Å². The summed E-state index contributed by atoms with van der Waals surface area (Å²) in [5.41, 5.74) is 1.44. The zero-order chi connectivity index (χ0) is 16.6. The van der Waals surface area contributed by atoms with Crippen molar-refractivity contribution in [2.45, 2.75) is 38.0 Å². The van der Waals surface area contributed by atoms with Gasteiger partial charge in [0, 0.05) is 19.8 Å². The smallest absolute Gasteiger partial charge is 0.234 e. The van der Waals surface area contributed by atoms with Gasteiger partial charge in [0.05, 0.1) is 6.54 Å². The monoisotopic (exact) mass is 330 g/mol. The number of carbonyl (C=O) groups is 1. The molecule has 2 fully saturated rings. The fourth-order valence-electron chi connectivity index (χ4n) is 3.84. The maximum atomic E-state index is 12.1. The Morgan fingerprint density at radius 3 is 2.67 bits per heavy atom. The summed E-state index contributed by atoms with van der Waals surface area (Å²) < 4.78 is 5.38. The van der Waals surface area contributed by atoms with Crippen LogP contribution >= 0.6 is 0 Å². The maximum Gasteiger partial charge on any atom is 0.234 e. The van der Waals surface area contributed by atoms with Crippen LogP contribution in [0.4, 0.5) is 0 Å². The number of ether oxygens (including phenoxy) is 1. The summed E-state index contributed by atoms with van der Waals surface area (Å²) in [5, 5.41) is 3.08. The normalized spacial score (nSPS) is 22.6. The van der Waals surface area contributed by atoms with Gasteiger partial charge in [-0.1, -0.05) is 30.3 Å². The van der Waals surface area contributed by atoms with E-state index in [1.165, 1.54) is 18.4 Å². The molecular formula is C20H30N2O2. The molecule has 0 spiro atoms. The van der Waals surface area contributed by atoms with E-state index < -0.39 is 0 Å². The molecule has 0 radical (unpaired) electrons. The average Bonchev–Trinajstić information content (AvgIpc) is 3.14. The van der Waals surface area contributed by atoms with Crippen molar-refractivity contribution in [2.75, 3.05) is 39.4 Å². The van der Waals surface area contributed by atoms with Gasteiger partial charge in [-0.25, -0.2) is 0 Å². The lowest BCUT2D eigenvalue weighted by atomic mass is 9.89. The van der Waals surface area contributed by atoms with Crippen molar-refractivity contribution in [2.24, 2.45) is 5.92 Å². The molecule has 4 heteroatoms. The standard InChI is InChI=1S/C20H30N2O2/c23-20(21-11-4-5-17-10-14-24-16-17)15-22-12-8-19(9-13-22)18-6-2-1-3-7-18/h1-3,6-7,17,19H,4-5,8-16H2,(H,21,23). The van der Waals surface area contributed by atoms with Gasteiger partial charge in [0.1, 0.15) is 0 Å². The third-order valence-corrected chi connectivity index (χ3v) is 5.36. The third-order valence-electron chi connectivity index (χ3n) is 5.36. The van der Waals surface area contributed by atoms with Crippen LogP contribution in [-0.2, 0) is 9.53 Å². The molecule has 0 bridgehead atoms. The van der Waals surface area contributed by atoms with Crippen LogP contribution in [0.2, 0.25) is 0 Å². The second-order valence-electron chi connectivity index (χ2n) is 7.18. The fraction of sp³-hybridized carbons (Fsp3) is 0.650. The maximum absolute atomic E-state index is 12.1. The molecule has 3 rings (SSSR count). The highest BCUT2D eigenvalue weighted by molar-refractivity contribution is 5.77. The molecule has 1 amide bonds. The van der Waals surface area contributed by atoms with Crippen molar-refractivity contribution in [3.05, 3.63) is 35.9 Å². The van der Waals surface area contributed by atoms with Gasteiger partial charge < -0.3 is 10.1 Å². The van der Waals surface area contributed by atoms with Crippen LogP contribution in [0.1, 0.15) is 43.6 Å². The molecule has 4 nitrogen and oxygen atoms in total. The molecule has 24 heavy (non-hydrogen) atoms. The molecule has 2 heterocycles. The molecule has 2 aliphatic rings. The van der Waals surface area contributed by atoms with Crippen LogP contribution in [0.25, 0.3) is 0 Å². The van der Waals surface area contributed by atoms with Crippen LogP contribution in [0, 0.1) is 5.92 Å². The van der Waals surface area contributed by atoms with E-state index in [1.807, 2.05) is 0 Å². The molecule has 1 aromatic rings. The highest BCUT2D eigenvalue weighted by Gasteiger charge is 2.21. The van der Waals surface area contributed by atoms with Gasteiger partial charge in [-0.15, -0.1) is 0 Å². The lowest BCUT2D eigenvalue weighted by Gasteiger charge is -2.31. The Labute approximate surface area is 145 Å². The molecule has 1 unspecified atom stereocenters. The number of likely N-dealkylation sites (tertiary alicyclic amines) is 1. The topological polar surface area (TPSA) is 41.6 Å². The number of nitrogens with zero attached hydrogens (tertiary/aromatic N) is 1. The fourth-order valence-corrected chi connectivity index (χ4v) is 3.84.